The molecular weight excluding hydrogens is 472 g/mol. The minimum Gasteiger partial charge on any atom is -0.303 e. The Labute approximate surface area is 247 Å². The number of hydrogen-bond donors (Lipinski definition) is 0. The summed E-state index contributed by atoms with van der Waals surface area (Å²) in [6.45, 7) is 4.98. The molecule has 0 aliphatic carbocycles. The fourth-order valence-corrected chi connectivity index (χ4v) is 6.92. The maximum Gasteiger partial charge on any atom is 0.0400 e. The lowest BCUT2D eigenvalue weighted by atomic mass is 10.0. The average molecular weight is 545 g/mol. The first-order valence-electron chi connectivity index (χ1n) is 18.7. The second-order valence-electron chi connectivity index (χ2n) is 13.4. The van der Waals surface area contributed by atoms with Crippen molar-refractivity contribution in [3.05, 3.63) is 0 Å². The standard InChI is InChI=1S/C37H72N2/c1-2-4-6-8-10-12-14-16-18-20-22-24-26-28-34-39-35-29-32-37(38-33-30-36-39)31-27-25-23-21-19-17-15-13-11-9-7-5-3-1/h1-36H2. The van der Waals surface area contributed by atoms with Crippen LogP contribution < -0.4 is 0 Å². The molecule has 1 fully saturated rings. The van der Waals surface area contributed by atoms with Crippen molar-refractivity contribution >= 4 is 5.71 Å². The molecule has 2 rings (SSSR count). The zero-order chi connectivity index (χ0) is 27.3. The first kappa shape index (κ1) is 34.8. The molecule has 0 aromatic heterocycles. The van der Waals surface area contributed by atoms with Crippen molar-refractivity contribution in [3.63, 3.8) is 0 Å². The lowest BCUT2D eigenvalue weighted by Crippen LogP contribution is -2.27. The van der Waals surface area contributed by atoms with Gasteiger partial charge in [0.2, 0.25) is 0 Å². The molecule has 0 radical (unpaired) electrons. The normalized spacial score (nSPS) is 26.3. The van der Waals surface area contributed by atoms with Gasteiger partial charge in [0.15, 0.2) is 0 Å². The molecule has 2 heteroatoms. The van der Waals surface area contributed by atoms with Gasteiger partial charge in [-0.15, -0.1) is 0 Å². The van der Waals surface area contributed by atoms with Crippen molar-refractivity contribution in [2.75, 3.05) is 26.2 Å². The maximum atomic E-state index is 5.04. The molecule has 39 heavy (non-hydrogen) atoms. The van der Waals surface area contributed by atoms with Crippen molar-refractivity contribution < 1.29 is 0 Å². The quantitative estimate of drug-likeness (QED) is 0.296. The molecule has 1 saturated heterocycles. The first-order valence-corrected chi connectivity index (χ1v) is 18.7. The summed E-state index contributed by atoms with van der Waals surface area (Å²) in [5.74, 6) is 0. The molecule has 0 amide bonds. The van der Waals surface area contributed by atoms with E-state index in [0.29, 0.717) is 0 Å². The van der Waals surface area contributed by atoms with Crippen LogP contribution in [0.25, 0.3) is 0 Å². The van der Waals surface area contributed by atoms with E-state index < -0.39 is 0 Å². The van der Waals surface area contributed by atoms with E-state index in [2.05, 4.69) is 4.90 Å². The van der Waals surface area contributed by atoms with Crippen molar-refractivity contribution in [1.29, 1.82) is 0 Å². The minimum absolute atomic E-state index is 1.08. The third-order valence-corrected chi connectivity index (χ3v) is 9.60. The molecule has 0 aromatic carbocycles. The van der Waals surface area contributed by atoms with Crippen LogP contribution in [0.1, 0.15) is 205 Å². The van der Waals surface area contributed by atoms with Crippen LogP contribution in [-0.4, -0.2) is 36.8 Å². The van der Waals surface area contributed by atoms with E-state index in [0.717, 1.165) is 6.54 Å². The molecule has 0 spiro atoms. The highest BCUT2D eigenvalue weighted by molar-refractivity contribution is 5.84. The van der Waals surface area contributed by atoms with Crippen LogP contribution in [0.3, 0.4) is 0 Å². The van der Waals surface area contributed by atoms with Crippen LogP contribution in [0.5, 0.6) is 0 Å². The summed E-state index contributed by atoms with van der Waals surface area (Å²) in [6, 6.07) is 0. The monoisotopic (exact) mass is 545 g/mol. The van der Waals surface area contributed by atoms with Gasteiger partial charge in [0, 0.05) is 12.3 Å². The number of fused-ring (bicyclic) bond motifs is 4. The summed E-state index contributed by atoms with van der Waals surface area (Å²) < 4.78 is 0. The summed E-state index contributed by atoms with van der Waals surface area (Å²) in [7, 11) is 0. The summed E-state index contributed by atoms with van der Waals surface area (Å²) in [4.78, 5) is 7.79. The molecule has 2 nitrogen and oxygen atoms in total. The zero-order valence-electron chi connectivity index (χ0n) is 26.9. The van der Waals surface area contributed by atoms with Gasteiger partial charge < -0.3 is 4.90 Å². The van der Waals surface area contributed by atoms with E-state index in [1.54, 1.807) is 5.71 Å². The van der Waals surface area contributed by atoms with E-state index in [9.17, 15) is 0 Å². The van der Waals surface area contributed by atoms with Gasteiger partial charge in [-0.05, 0) is 58.2 Å². The lowest BCUT2D eigenvalue weighted by molar-refractivity contribution is 0.265. The van der Waals surface area contributed by atoms with Gasteiger partial charge in [-0.25, -0.2) is 0 Å². The number of nitrogens with zero attached hydrogens (tertiary/aromatic N) is 2. The maximum absolute atomic E-state index is 5.04. The molecule has 1 unspecified atom stereocenters. The van der Waals surface area contributed by atoms with E-state index in [1.807, 2.05) is 0 Å². The van der Waals surface area contributed by atoms with E-state index >= 15 is 0 Å². The van der Waals surface area contributed by atoms with Gasteiger partial charge in [-0.3, -0.25) is 4.99 Å². The van der Waals surface area contributed by atoms with Gasteiger partial charge >= 0.3 is 0 Å². The molecular formula is C37H72N2. The highest BCUT2D eigenvalue weighted by atomic mass is 15.1. The Morgan fingerprint density at radius 2 is 0.564 bits per heavy atom. The van der Waals surface area contributed by atoms with Gasteiger partial charge in [0.25, 0.3) is 0 Å². The van der Waals surface area contributed by atoms with Gasteiger partial charge in [-0.2, -0.15) is 0 Å². The van der Waals surface area contributed by atoms with E-state index in [1.165, 1.54) is 225 Å². The van der Waals surface area contributed by atoms with Gasteiger partial charge in [0.1, 0.15) is 0 Å². The van der Waals surface area contributed by atoms with Crippen molar-refractivity contribution in [2.45, 2.75) is 205 Å². The van der Waals surface area contributed by atoms with E-state index in [4.69, 9.17) is 4.99 Å². The van der Waals surface area contributed by atoms with Crippen molar-refractivity contribution in [3.8, 4) is 0 Å². The summed E-state index contributed by atoms with van der Waals surface area (Å²) in [5, 5.41) is 0. The smallest absolute Gasteiger partial charge is 0.0400 e. The summed E-state index contributed by atoms with van der Waals surface area (Å²) >= 11 is 0. The van der Waals surface area contributed by atoms with Gasteiger partial charge in [-0.1, -0.05) is 167 Å². The largest absolute Gasteiger partial charge is 0.303 e. The predicted octanol–water partition coefficient (Wildman–Crippen LogP) is 12.2. The summed E-state index contributed by atoms with van der Waals surface area (Å²) in [6.07, 6.45) is 46.3. The van der Waals surface area contributed by atoms with Crippen LogP contribution in [0, 0.1) is 0 Å². The second-order valence-corrected chi connectivity index (χ2v) is 13.4. The topological polar surface area (TPSA) is 15.6 Å². The molecule has 2 heterocycles. The van der Waals surface area contributed by atoms with Crippen LogP contribution in [-0.2, 0) is 0 Å². The minimum atomic E-state index is 1.08. The molecule has 0 aromatic rings. The van der Waals surface area contributed by atoms with Crippen LogP contribution in [0.2, 0.25) is 0 Å². The third kappa shape index (κ3) is 22.9. The molecule has 2 aliphatic rings. The lowest BCUT2D eigenvalue weighted by Gasteiger charge is -2.21. The Kier molecular flexibility index (Phi) is 24.8. The second kappa shape index (κ2) is 27.8. The molecule has 0 N–H and O–H groups in total. The highest BCUT2D eigenvalue weighted by Crippen LogP contribution is 2.17. The van der Waals surface area contributed by atoms with Gasteiger partial charge in [0.05, 0.1) is 0 Å². The highest BCUT2D eigenvalue weighted by Gasteiger charge is 2.09. The Bertz CT molecular complexity index is 528. The van der Waals surface area contributed by atoms with Crippen LogP contribution >= 0.6 is 0 Å². The third-order valence-electron chi connectivity index (χ3n) is 9.60. The fraction of sp³-hybridized carbons (Fsp3) is 0.973. The zero-order valence-corrected chi connectivity index (χ0v) is 26.9. The Hall–Kier alpha value is -0.370. The predicted molar refractivity (Wildman–Crippen MR) is 176 cm³/mol. The molecule has 1 atom stereocenters. The Morgan fingerprint density at radius 1 is 0.282 bits per heavy atom. The average Bonchev–Trinajstić information content (AvgIpc) is 3.06. The molecule has 230 valence electrons. The van der Waals surface area contributed by atoms with E-state index in [-0.39, 0.29) is 0 Å². The molecule has 2 bridgehead atoms. The SMILES string of the molecule is C1CCCCCCCCCCCCCCCN2CCCN=C(CCCCCCCCCCCCCC1)CCC2. The number of aliphatic imine (C=N–C) groups is 1. The number of rotatable bonds is 0. The van der Waals surface area contributed by atoms with Crippen LogP contribution in [0.4, 0.5) is 0 Å². The molecule has 2 aliphatic heterocycles. The Morgan fingerprint density at radius 3 is 0.974 bits per heavy atom. The van der Waals surface area contributed by atoms with Crippen molar-refractivity contribution in [2.24, 2.45) is 4.99 Å². The fourth-order valence-electron chi connectivity index (χ4n) is 6.92. The van der Waals surface area contributed by atoms with Crippen molar-refractivity contribution in [1.82, 2.24) is 4.90 Å². The summed E-state index contributed by atoms with van der Waals surface area (Å²) in [5.41, 5.74) is 1.55. The first-order chi connectivity index (χ1) is 19.4. The van der Waals surface area contributed by atoms with Crippen LogP contribution in [0.15, 0.2) is 4.99 Å². The number of hydrogen-bond acceptors (Lipinski definition) is 2. The molecule has 0 saturated carbocycles. The Balaban J connectivity index is 1.57.